The molecule has 1 saturated heterocycles. The minimum absolute atomic E-state index is 0. The zero-order valence-corrected chi connectivity index (χ0v) is 17.5. The highest BCUT2D eigenvalue weighted by atomic mass is 35.5. The molecule has 1 aromatic rings. The van der Waals surface area contributed by atoms with Gasteiger partial charge in [-0.1, -0.05) is 26.0 Å². The maximum atomic E-state index is 12.3. The molecule has 0 aliphatic carbocycles. The van der Waals surface area contributed by atoms with Gasteiger partial charge in [0, 0.05) is 25.9 Å². The summed E-state index contributed by atoms with van der Waals surface area (Å²) in [5.41, 5.74) is 8.08. The van der Waals surface area contributed by atoms with Crippen LogP contribution < -0.4 is 15.8 Å². The average molecular weight is 398 g/mol. The maximum Gasteiger partial charge on any atom is 0.241 e. The van der Waals surface area contributed by atoms with E-state index in [4.69, 9.17) is 10.5 Å². The number of benzene rings is 1. The number of aryl methyl sites for hydroxylation is 2. The van der Waals surface area contributed by atoms with Crippen molar-refractivity contribution in [3.63, 3.8) is 0 Å². The molecule has 152 valence electrons. The first-order valence-electron chi connectivity index (χ1n) is 9.33. The number of likely N-dealkylation sites (tertiary alicyclic amines) is 1. The molecule has 1 heterocycles. The zero-order valence-electron chi connectivity index (χ0n) is 16.7. The van der Waals surface area contributed by atoms with Crippen LogP contribution in [-0.4, -0.2) is 48.5 Å². The van der Waals surface area contributed by atoms with E-state index in [0.29, 0.717) is 13.1 Å². The van der Waals surface area contributed by atoms with Gasteiger partial charge in [-0.05, 0) is 37.0 Å². The summed E-state index contributed by atoms with van der Waals surface area (Å²) in [5.74, 6) is 0.619. The van der Waals surface area contributed by atoms with Gasteiger partial charge in [0.05, 0.1) is 12.6 Å². The molecule has 1 aliphatic rings. The summed E-state index contributed by atoms with van der Waals surface area (Å²) in [6, 6.07) is 5.61. The van der Waals surface area contributed by atoms with E-state index in [1.54, 1.807) is 4.90 Å². The lowest BCUT2D eigenvalue weighted by atomic mass is 10.0. The summed E-state index contributed by atoms with van der Waals surface area (Å²) >= 11 is 0. The van der Waals surface area contributed by atoms with Crippen LogP contribution in [0.2, 0.25) is 0 Å². The number of nitrogens with two attached hydrogens (primary N) is 1. The molecule has 6 nitrogen and oxygen atoms in total. The Labute approximate surface area is 168 Å². The molecule has 1 aliphatic heterocycles. The van der Waals surface area contributed by atoms with Gasteiger partial charge in [-0.15, -0.1) is 12.4 Å². The van der Waals surface area contributed by atoms with Gasteiger partial charge in [0.15, 0.2) is 0 Å². The van der Waals surface area contributed by atoms with E-state index in [1.807, 2.05) is 27.7 Å². The lowest BCUT2D eigenvalue weighted by Gasteiger charge is -2.32. The van der Waals surface area contributed by atoms with Gasteiger partial charge in [-0.25, -0.2) is 0 Å². The van der Waals surface area contributed by atoms with Crippen LogP contribution in [0.3, 0.4) is 0 Å². The van der Waals surface area contributed by atoms with Crippen molar-refractivity contribution in [3.05, 3.63) is 29.3 Å². The highest BCUT2D eigenvalue weighted by Gasteiger charge is 2.25. The molecule has 0 aromatic heterocycles. The lowest BCUT2D eigenvalue weighted by molar-refractivity contribution is -0.134. The molecule has 0 radical (unpaired) electrons. The highest BCUT2D eigenvalue weighted by molar-refractivity contribution is 5.87. The van der Waals surface area contributed by atoms with Crippen LogP contribution in [0.4, 0.5) is 0 Å². The fourth-order valence-corrected chi connectivity index (χ4v) is 2.93. The van der Waals surface area contributed by atoms with Crippen LogP contribution in [-0.2, 0) is 9.59 Å². The molecule has 1 aromatic carbocycles. The number of nitrogens with one attached hydrogen (secondary N) is 1. The second kappa shape index (κ2) is 10.5. The van der Waals surface area contributed by atoms with Crippen molar-refractivity contribution < 1.29 is 14.3 Å². The van der Waals surface area contributed by atoms with Gasteiger partial charge in [-0.2, -0.15) is 0 Å². The van der Waals surface area contributed by atoms with Crippen LogP contribution in [0.1, 0.15) is 37.8 Å². The van der Waals surface area contributed by atoms with Gasteiger partial charge in [0.2, 0.25) is 11.8 Å². The Bertz CT molecular complexity index is 643. The second-order valence-electron chi connectivity index (χ2n) is 7.45. The maximum absolute atomic E-state index is 12.3. The molecule has 0 spiro atoms. The number of nitrogens with zero attached hydrogens (tertiary/aromatic N) is 1. The van der Waals surface area contributed by atoms with Crippen LogP contribution >= 0.6 is 12.4 Å². The molecule has 0 unspecified atom stereocenters. The van der Waals surface area contributed by atoms with Crippen molar-refractivity contribution >= 4 is 24.2 Å². The van der Waals surface area contributed by atoms with E-state index in [-0.39, 0.29) is 42.8 Å². The number of amides is 2. The third-order valence-corrected chi connectivity index (χ3v) is 4.87. The summed E-state index contributed by atoms with van der Waals surface area (Å²) in [5, 5.41) is 2.64. The molecule has 7 heteroatoms. The first kappa shape index (κ1) is 23.2. The normalized spacial score (nSPS) is 15.9. The molecular formula is C20H32ClN3O3. The summed E-state index contributed by atoms with van der Waals surface area (Å²) in [6.45, 7) is 9.13. The van der Waals surface area contributed by atoms with Crippen molar-refractivity contribution in [2.24, 2.45) is 11.7 Å². The molecule has 3 N–H and O–H groups in total. The smallest absolute Gasteiger partial charge is 0.241 e. The monoisotopic (exact) mass is 397 g/mol. The van der Waals surface area contributed by atoms with Crippen molar-refractivity contribution in [3.8, 4) is 5.75 Å². The first-order valence-corrected chi connectivity index (χ1v) is 9.33. The number of piperidine rings is 1. The molecule has 2 rings (SSSR count). The van der Waals surface area contributed by atoms with Gasteiger partial charge >= 0.3 is 0 Å². The fraction of sp³-hybridized carbons (Fsp3) is 0.600. The fourth-order valence-electron chi connectivity index (χ4n) is 2.93. The highest BCUT2D eigenvalue weighted by Crippen LogP contribution is 2.24. The zero-order chi connectivity index (χ0) is 19.3. The van der Waals surface area contributed by atoms with Crippen molar-refractivity contribution in [1.29, 1.82) is 0 Å². The second-order valence-corrected chi connectivity index (χ2v) is 7.45. The Hall–Kier alpha value is -1.79. The van der Waals surface area contributed by atoms with Crippen LogP contribution in [0.5, 0.6) is 5.75 Å². The van der Waals surface area contributed by atoms with Crippen LogP contribution in [0.15, 0.2) is 18.2 Å². The van der Waals surface area contributed by atoms with E-state index in [1.165, 1.54) is 5.56 Å². The van der Waals surface area contributed by atoms with E-state index in [9.17, 15) is 9.59 Å². The van der Waals surface area contributed by atoms with Crippen molar-refractivity contribution in [2.45, 2.75) is 52.7 Å². The Balaban J connectivity index is 0.00000364. The Morgan fingerprint density at radius 3 is 2.48 bits per heavy atom. The molecule has 0 bridgehead atoms. The number of hydrogen-bond donors (Lipinski definition) is 2. The predicted octanol–water partition coefficient (Wildman–Crippen LogP) is 2.19. The summed E-state index contributed by atoms with van der Waals surface area (Å²) < 4.78 is 6.13. The lowest BCUT2D eigenvalue weighted by Crippen LogP contribution is -2.49. The van der Waals surface area contributed by atoms with Crippen LogP contribution in [0, 0.1) is 19.8 Å². The minimum atomic E-state index is -0.584. The van der Waals surface area contributed by atoms with Crippen molar-refractivity contribution in [1.82, 2.24) is 10.2 Å². The molecule has 1 fully saturated rings. The van der Waals surface area contributed by atoms with E-state index >= 15 is 0 Å². The van der Waals surface area contributed by atoms with E-state index in [2.05, 4.69) is 23.5 Å². The van der Waals surface area contributed by atoms with E-state index in [0.717, 1.165) is 24.2 Å². The topological polar surface area (TPSA) is 84.7 Å². The van der Waals surface area contributed by atoms with Gasteiger partial charge < -0.3 is 20.7 Å². The van der Waals surface area contributed by atoms with Gasteiger partial charge in [0.1, 0.15) is 11.9 Å². The molecule has 2 amide bonds. The number of hydrogen-bond acceptors (Lipinski definition) is 4. The van der Waals surface area contributed by atoms with Crippen molar-refractivity contribution in [2.75, 3.05) is 19.6 Å². The molecular weight excluding hydrogens is 366 g/mol. The number of carbonyl (C=O) groups excluding carboxylic acids is 2. The Morgan fingerprint density at radius 2 is 1.89 bits per heavy atom. The summed E-state index contributed by atoms with van der Waals surface area (Å²) in [7, 11) is 0. The van der Waals surface area contributed by atoms with Gasteiger partial charge in [-0.3, -0.25) is 9.59 Å². The van der Waals surface area contributed by atoms with Crippen LogP contribution in [0.25, 0.3) is 0 Å². The summed E-state index contributed by atoms with van der Waals surface area (Å²) in [4.78, 5) is 25.9. The quantitative estimate of drug-likeness (QED) is 0.770. The number of carbonyl (C=O) groups is 2. The Morgan fingerprint density at radius 1 is 1.26 bits per heavy atom. The SMILES string of the molecule is Cc1ccc(C)c(OC2CCN(C(=O)CNC(=O)[C@@H](N)C(C)C)CC2)c1.Cl. The largest absolute Gasteiger partial charge is 0.490 e. The number of rotatable bonds is 6. The number of ether oxygens (including phenoxy) is 1. The minimum Gasteiger partial charge on any atom is -0.490 e. The standard InChI is InChI=1S/C20H31N3O3.ClH/c1-13(2)19(21)20(25)22-12-18(24)23-9-7-16(8-10-23)26-17-11-14(3)5-6-15(17)4;/h5-6,11,13,16,19H,7-10,12,21H2,1-4H3,(H,22,25);1H/t19-;/m0./s1. The average Bonchev–Trinajstić information content (AvgIpc) is 2.62. The molecule has 1 atom stereocenters. The summed E-state index contributed by atoms with van der Waals surface area (Å²) in [6.07, 6.45) is 1.69. The first-order chi connectivity index (χ1) is 12.3. The van der Waals surface area contributed by atoms with Gasteiger partial charge in [0.25, 0.3) is 0 Å². The molecule has 0 saturated carbocycles. The van der Waals surface area contributed by atoms with E-state index < -0.39 is 6.04 Å². The molecule has 27 heavy (non-hydrogen) atoms. The third-order valence-electron chi connectivity index (χ3n) is 4.87. The Kier molecular flexibility index (Phi) is 9.06. The third kappa shape index (κ3) is 6.70. The predicted molar refractivity (Wildman–Crippen MR) is 109 cm³/mol. The number of halogens is 1.